The number of fused-ring (bicyclic) bond motifs is 3. The summed E-state index contributed by atoms with van der Waals surface area (Å²) in [5, 5.41) is 0. The largest absolute Gasteiger partial charge is 0.349 e. The maximum Gasteiger partial charge on any atom is 0.190 e. The second-order valence-corrected chi connectivity index (χ2v) is 8.11. The molecular formula is C15H26O5. The molecule has 3 aliphatic heterocycles. The number of hydrogen-bond acceptors (Lipinski definition) is 5. The molecule has 5 heteroatoms. The van der Waals surface area contributed by atoms with Crippen molar-refractivity contribution < 1.29 is 23.7 Å². The lowest BCUT2D eigenvalue weighted by atomic mass is 9.94. The molecule has 3 aliphatic rings. The Morgan fingerprint density at radius 1 is 0.700 bits per heavy atom. The SMILES string of the molecule is CC(C)(C)C1OC[C@H]2O[C@@H]3OC(C(C)(C)C)O[C@@H]3[C@H]2O1. The maximum absolute atomic E-state index is 6.10. The van der Waals surface area contributed by atoms with Crippen LogP contribution in [0, 0.1) is 10.8 Å². The molecule has 3 rings (SSSR count). The second kappa shape index (κ2) is 4.65. The molecule has 0 bridgehead atoms. The van der Waals surface area contributed by atoms with Crippen molar-refractivity contribution in [3.8, 4) is 0 Å². The van der Waals surface area contributed by atoms with E-state index in [1.54, 1.807) is 0 Å². The highest BCUT2D eigenvalue weighted by molar-refractivity contribution is 4.96. The van der Waals surface area contributed by atoms with Gasteiger partial charge in [0, 0.05) is 10.8 Å². The van der Waals surface area contributed by atoms with Crippen LogP contribution in [0.1, 0.15) is 41.5 Å². The van der Waals surface area contributed by atoms with Gasteiger partial charge in [0.05, 0.1) is 6.61 Å². The van der Waals surface area contributed by atoms with Crippen LogP contribution < -0.4 is 0 Å². The van der Waals surface area contributed by atoms with Gasteiger partial charge < -0.3 is 23.7 Å². The molecule has 0 N–H and O–H groups in total. The zero-order valence-corrected chi connectivity index (χ0v) is 13.2. The molecule has 0 saturated carbocycles. The summed E-state index contributed by atoms with van der Waals surface area (Å²) in [7, 11) is 0. The molecule has 0 radical (unpaired) electrons. The van der Waals surface area contributed by atoms with Gasteiger partial charge in [-0.25, -0.2) is 0 Å². The third kappa shape index (κ3) is 2.50. The predicted octanol–water partition coefficient (Wildman–Crippen LogP) is 2.29. The molecule has 0 aliphatic carbocycles. The van der Waals surface area contributed by atoms with Crippen molar-refractivity contribution in [2.45, 2.75) is 78.7 Å². The quantitative estimate of drug-likeness (QED) is 0.683. The van der Waals surface area contributed by atoms with E-state index in [2.05, 4.69) is 41.5 Å². The molecule has 0 aromatic carbocycles. The normalized spacial score (nSPS) is 45.3. The molecule has 3 saturated heterocycles. The standard InChI is InChI=1S/C15H26O5/c1-14(2,3)12-16-7-8-9(18-12)10-11(17-8)20-13(19-10)15(4,5)6/h8-13H,7H2,1-6H3/t8-,9+,10-,11-,12?,13?/m1/s1. The Kier molecular flexibility index (Phi) is 3.42. The molecule has 0 spiro atoms. The van der Waals surface area contributed by atoms with Crippen molar-refractivity contribution in [2.24, 2.45) is 10.8 Å². The summed E-state index contributed by atoms with van der Waals surface area (Å²) in [6.45, 7) is 13.1. The minimum atomic E-state index is -0.337. The van der Waals surface area contributed by atoms with Crippen LogP contribution in [0.15, 0.2) is 0 Å². The molecular weight excluding hydrogens is 260 g/mol. The molecule has 0 amide bonds. The smallest absolute Gasteiger partial charge is 0.190 e. The van der Waals surface area contributed by atoms with E-state index in [4.69, 9.17) is 23.7 Å². The van der Waals surface area contributed by atoms with Crippen LogP contribution in [0.25, 0.3) is 0 Å². The maximum atomic E-state index is 6.10. The zero-order valence-electron chi connectivity index (χ0n) is 13.2. The van der Waals surface area contributed by atoms with Crippen molar-refractivity contribution in [2.75, 3.05) is 6.61 Å². The Morgan fingerprint density at radius 3 is 1.90 bits per heavy atom. The van der Waals surface area contributed by atoms with Crippen LogP contribution in [0.2, 0.25) is 0 Å². The molecule has 0 aromatic heterocycles. The van der Waals surface area contributed by atoms with E-state index in [1.165, 1.54) is 0 Å². The highest BCUT2D eigenvalue weighted by Crippen LogP contribution is 2.43. The Bertz CT molecular complexity index is 369. The van der Waals surface area contributed by atoms with Crippen LogP contribution in [-0.4, -0.2) is 43.8 Å². The van der Waals surface area contributed by atoms with Gasteiger partial charge in [-0.15, -0.1) is 0 Å². The summed E-state index contributed by atoms with van der Waals surface area (Å²) in [4.78, 5) is 0. The lowest BCUT2D eigenvalue weighted by molar-refractivity contribution is -0.299. The van der Waals surface area contributed by atoms with E-state index in [9.17, 15) is 0 Å². The Balaban J connectivity index is 1.70. The third-order valence-electron chi connectivity index (χ3n) is 3.91. The Hall–Kier alpha value is -0.200. The predicted molar refractivity (Wildman–Crippen MR) is 71.9 cm³/mol. The highest BCUT2D eigenvalue weighted by Gasteiger charge is 2.57. The molecule has 6 atom stereocenters. The van der Waals surface area contributed by atoms with Crippen molar-refractivity contribution in [3.63, 3.8) is 0 Å². The average molecular weight is 286 g/mol. The summed E-state index contributed by atoms with van der Waals surface area (Å²) in [5.41, 5.74) is -0.135. The number of ether oxygens (including phenoxy) is 5. The monoisotopic (exact) mass is 286 g/mol. The summed E-state index contributed by atoms with van der Waals surface area (Å²) in [6.07, 6.45) is -1.18. The summed E-state index contributed by atoms with van der Waals surface area (Å²) in [6, 6.07) is 0. The molecule has 0 aromatic rings. The first-order valence-electron chi connectivity index (χ1n) is 7.40. The third-order valence-corrected chi connectivity index (χ3v) is 3.91. The van der Waals surface area contributed by atoms with E-state index < -0.39 is 0 Å². The molecule has 2 unspecified atom stereocenters. The molecule has 116 valence electrons. The first kappa shape index (κ1) is 14.7. The molecule has 3 heterocycles. The van der Waals surface area contributed by atoms with Gasteiger partial charge >= 0.3 is 0 Å². The van der Waals surface area contributed by atoms with Crippen LogP contribution >= 0.6 is 0 Å². The van der Waals surface area contributed by atoms with Crippen molar-refractivity contribution in [1.82, 2.24) is 0 Å². The van der Waals surface area contributed by atoms with Gasteiger partial charge in [0.15, 0.2) is 18.9 Å². The lowest BCUT2D eigenvalue weighted by Gasteiger charge is -2.39. The summed E-state index contributed by atoms with van der Waals surface area (Å²) >= 11 is 0. The molecule has 3 fully saturated rings. The zero-order chi connectivity index (χ0) is 14.7. The molecule has 5 nitrogen and oxygen atoms in total. The first-order chi connectivity index (χ1) is 9.16. The lowest BCUT2D eigenvalue weighted by Crippen LogP contribution is -2.50. The fourth-order valence-corrected chi connectivity index (χ4v) is 2.77. The summed E-state index contributed by atoms with van der Waals surface area (Å²) in [5.74, 6) is 0. The van der Waals surface area contributed by atoms with Gasteiger partial charge in [-0.05, 0) is 0 Å². The van der Waals surface area contributed by atoms with Crippen molar-refractivity contribution in [1.29, 1.82) is 0 Å². The van der Waals surface area contributed by atoms with Crippen LogP contribution in [-0.2, 0) is 23.7 Å². The fraction of sp³-hybridized carbons (Fsp3) is 1.00. The van der Waals surface area contributed by atoms with E-state index in [0.29, 0.717) is 6.61 Å². The molecule has 20 heavy (non-hydrogen) atoms. The van der Waals surface area contributed by atoms with Crippen LogP contribution in [0.5, 0.6) is 0 Å². The van der Waals surface area contributed by atoms with Gasteiger partial charge in [-0.3, -0.25) is 0 Å². The Labute approximate surface area is 120 Å². The van der Waals surface area contributed by atoms with E-state index in [1.807, 2.05) is 0 Å². The van der Waals surface area contributed by atoms with Gasteiger partial charge in [0.1, 0.15) is 18.3 Å². The topological polar surface area (TPSA) is 46.2 Å². The van der Waals surface area contributed by atoms with Gasteiger partial charge in [-0.1, -0.05) is 41.5 Å². The van der Waals surface area contributed by atoms with Gasteiger partial charge in [-0.2, -0.15) is 0 Å². The number of rotatable bonds is 0. The van der Waals surface area contributed by atoms with Crippen molar-refractivity contribution in [3.05, 3.63) is 0 Å². The van der Waals surface area contributed by atoms with Gasteiger partial charge in [0.2, 0.25) is 0 Å². The van der Waals surface area contributed by atoms with E-state index in [-0.39, 0.29) is 48.0 Å². The second-order valence-electron chi connectivity index (χ2n) is 8.11. The fourth-order valence-electron chi connectivity index (χ4n) is 2.77. The van der Waals surface area contributed by atoms with E-state index in [0.717, 1.165) is 0 Å². The van der Waals surface area contributed by atoms with Gasteiger partial charge in [0.25, 0.3) is 0 Å². The van der Waals surface area contributed by atoms with E-state index >= 15 is 0 Å². The van der Waals surface area contributed by atoms with Crippen LogP contribution in [0.3, 0.4) is 0 Å². The first-order valence-corrected chi connectivity index (χ1v) is 7.40. The Morgan fingerprint density at radius 2 is 1.30 bits per heavy atom. The minimum Gasteiger partial charge on any atom is -0.349 e. The highest BCUT2D eigenvalue weighted by atomic mass is 16.8. The average Bonchev–Trinajstić information content (AvgIpc) is 2.82. The number of hydrogen-bond donors (Lipinski definition) is 0. The van der Waals surface area contributed by atoms with Crippen LogP contribution in [0.4, 0.5) is 0 Å². The van der Waals surface area contributed by atoms with Crippen molar-refractivity contribution >= 4 is 0 Å². The minimum absolute atomic E-state index is 0.0635. The summed E-state index contributed by atoms with van der Waals surface area (Å²) < 4.78 is 29.7.